The van der Waals surface area contributed by atoms with E-state index in [0.29, 0.717) is 6.04 Å². The van der Waals surface area contributed by atoms with Gasteiger partial charge >= 0.3 is 0 Å². The molecule has 1 saturated heterocycles. The lowest BCUT2D eigenvalue weighted by molar-refractivity contribution is -0.118. The molecule has 226 valence electrons. The molecule has 0 radical (unpaired) electrons. The maximum absolute atomic E-state index is 11.3. The van der Waals surface area contributed by atoms with Crippen LogP contribution in [0.1, 0.15) is 64.2 Å². The van der Waals surface area contributed by atoms with Gasteiger partial charge in [-0.2, -0.15) is 0 Å². The Bertz CT molecular complexity index is 1080. The zero-order valence-corrected chi connectivity index (χ0v) is 26.8. The van der Waals surface area contributed by atoms with Crippen molar-refractivity contribution in [1.82, 2.24) is 20.4 Å². The third-order valence-corrected chi connectivity index (χ3v) is 6.16. The third kappa shape index (κ3) is 16.2. The Balaban J connectivity index is 0.00000102. The van der Waals surface area contributed by atoms with Gasteiger partial charge in [0, 0.05) is 71.4 Å². The first kappa shape index (κ1) is 37.3. The minimum Gasteiger partial charge on any atom is -0.388 e. The summed E-state index contributed by atoms with van der Waals surface area (Å²) in [5, 5.41) is 5.78. The summed E-state index contributed by atoms with van der Waals surface area (Å²) >= 11 is 0. The first-order valence-corrected chi connectivity index (χ1v) is 14.4. The quantitative estimate of drug-likeness (QED) is 0.264. The fraction of sp³-hybridized carbons (Fsp3) is 0.441. The minimum atomic E-state index is -0.101. The highest BCUT2D eigenvalue weighted by Crippen LogP contribution is 2.20. The second-order valence-corrected chi connectivity index (χ2v) is 9.81. The molecule has 0 aromatic heterocycles. The molecule has 1 aromatic carbocycles. The number of amides is 2. The number of benzene rings is 1. The van der Waals surface area contributed by atoms with E-state index in [1.54, 1.807) is 38.5 Å². The molecule has 0 bridgehead atoms. The van der Waals surface area contributed by atoms with Crippen molar-refractivity contribution in [3.63, 3.8) is 0 Å². The van der Waals surface area contributed by atoms with Gasteiger partial charge in [-0.3, -0.25) is 19.5 Å². The van der Waals surface area contributed by atoms with Gasteiger partial charge < -0.3 is 15.5 Å². The second kappa shape index (κ2) is 22.0. The normalized spacial score (nSPS) is 16.3. The van der Waals surface area contributed by atoms with Gasteiger partial charge in [0.1, 0.15) is 0 Å². The monoisotopic (exact) mass is 563 g/mol. The van der Waals surface area contributed by atoms with E-state index in [0.717, 1.165) is 29.0 Å². The Morgan fingerprint density at radius 2 is 1.78 bits per heavy atom. The van der Waals surface area contributed by atoms with Gasteiger partial charge in [0.2, 0.25) is 5.91 Å². The molecular weight excluding hydrogens is 510 g/mol. The fourth-order valence-electron chi connectivity index (χ4n) is 4.00. The average molecular weight is 564 g/mol. The molecule has 41 heavy (non-hydrogen) atoms. The molecule has 1 aliphatic heterocycles. The van der Waals surface area contributed by atoms with Gasteiger partial charge in [-0.25, -0.2) is 0 Å². The number of allylic oxidation sites excluding steroid dienone is 6. The molecule has 7 heteroatoms. The van der Waals surface area contributed by atoms with Crippen LogP contribution in [0.2, 0.25) is 0 Å². The third-order valence-electron chi connectivity index (χ3n) is 6.16. The number of likely N-dealkylation sites (tertiary alicyclic amines) is 1. The molecule has 2 N–H and O–H groups in total. The van der Waals surface area contributed by atoms with Crippen LogP contribution in [0.4, 0.5) is 0 Å². The summed E-state index contributed by atoms with van der Waals surface area (Å²) < 4.78 is 0. The summed E-state index contributed by atoms with van der Waals surface area (Å²) in [7, 11) is 7.08. The Hall–Kier alpha value is -3.71. The van der Waals surface area contributed by atoms with Crippen molar-refractivity contribution >= 4 is 18.0 Å². The smallest absolute Gasteiger partial charge is 0.253 e. The van der Waals surface area contributed by atoms with E-state index < -0.39 is 0 Å². The van der Waals surface area contributed by atoms with Crippen molar-refractivity contribution in [3.05, 3.63) is 95.4 Å². The van der Waals surface area contributed by atoms with Crippen molar-refractivity contribution in [3.8, 4) is 0 Å². The Morgan fingerprint density at radius 1 is 1.12 bits per heavy atom. The lowest BCUT2D eigenvalue weighted by atomic mass is 10.0. The summed E-state index contributed by atoms with van der Waals surface area (Å²) in [6.07, 6.45) is 15.2. The van der Waals surface area contributed by atoms with Crippen LogP contribution in [0, 0.1) is 0 Å². The van der Waals surface area contributed by atoms with Gasteiger partial charge in [0.25, 0.3) is 5.91 Å². The number of nitrogens with one attached hydrogen (secondary N) is 2. The summed E-state index contributed by atoms with van der Waals surface area (Å²) in [5.74, 6) is -0.0545. The molecule has 1 fully saturated rings. The molecule has 0 aliphatic carbocycles. The van der Waals surface area contributed by atoms with Gasteiger partial charge in [-0.15, -0.1) is 0 Å². The fourth-order valence-corrected chi connectivity index (χ4v) is 4.00. The van der Waals surface area contributed by atoms with Crippen molar-refractivity contribution < 1.29 is 9.59 Å². The highest BCUT2D eigenvalue weighted by Gasteiger charge is 2.18. The van der Waals surface area contributed by atoms with Gasteiger partial charge in [-0.1, -0.05) is 56.7 Å². The van der Waals surface area contributed by atoms with E-state index >= 15 is 0 Å². The van der Waals surface area contributed by atoms with E-state index in [9.17, 15) is 9.59 Å². The molecule has 2 amide bonds. The highest BCUT2D eigenvalue weighted by molar-refractivity contribution is 5.93. The number of hydrogen-bond donors (Lipinski definition) is 2. The van der Waals surface area contributed by atoms with Crippen LogP contribution in [-0.2, 0) is 4.79 Å². The van der Waals surface area contributed by atoms with Crippen LogP contribution in [0.25, 0.3) is 0 Å². The minimum absolute atomic E-state index is 0.0469. The number of carbonyl (C=O) groups excluding carboxylic acids is 2. The van der Waals surface area contributed by atoms with Crippen LogP contribution in [0.3, 0.4) is 0 Å². The lowest BCUT2D eigenvalue weighted by Gasteiger charge is -2.33. The van der Waals surface area contributed by atoms with E-state index in [1.807, 2.05) is 69.5 Å². The molecule has 1 aromatic rings. The van der Waals surface area contributed by atoms with Gasteiger partial charge in [0.15, 0.2) is 0 Å². The summed E-state index contributed by atoms with van der Waals surface area (Å²) in [6, 6.07) is 9.87. The predicted molar refractivity (Wildman–Crippen MR) is 176 cm³/mol. The van der Waals surface area contributed by atoms with Crippen molar-refractivity contribution in [2.45, 2.75) is 59.9 Å². The predicted octanol–water partition coefficient (Wildman–Crippen LogP) is 6.16. The molecule has 0 saturated carbocycles. The van der Waals surface area contributed by atoms with E-state index in [-0.39, 0.29) is 11.8 Å². The Morgan fingerprint density at radius 3 is 2.32 bits per heavy atom. The van der Waals surface area contributed by atoms with Crippen molar-refractivity contribution in [1.29, 1.82) is 0 Å². The summed E-state index contributed by atoms with van der Waals surface area (Å²) in [4.78, 5) is 30.5. The molecule has 0 spiro atoms. The number of aliphatic imine (C=N–C) groups is 1. The maximum Gasteiger partial charge on any atom is 0.253 e. The Kier molecular flexibility index (Phi) is 20.0. The first-order valence-electron chi connectivity index (χ1n) is 14.4. The maximum atomic E-state index is 11.3. The second-order valence-electron chi connectivity index (χ2n) is 9.81. The number of rotatable bonds is 10. The van der Waals surface area contributed by atoms with E-state index in [2.05, 4.69) is 47.0 Å². The van der Waals surface area contributed by atoms with Gasteiger partial charge in [-0.05, 0) is 74.7 Å². The summed E-state index contributed by atoms with van der Waals surface area (Å²) in [5.41, 5.74) is 4.79. The molecule has 1 aliphatic rings. The largest absolute Gasteiger partial charge is 0.388 e. The molecule has 2 rings (SSSR count). The van der Waals surface area contributed by atoms with E-state index in [1.165, 1.54) is 38.3 Å². The zero-order chi connectivity index (χ0) is 31.2. The highest BCUT2D eigenvalue weighted by atomic mass is 16.2. The molecular formula is C34H53N5O2. The number of hydrogen-bond acceptors (Lipinski definition) is 5. The SMILES string of the molecule is C=C(/C=C(\C)CN1CCCCC1C)C(=C\C=NC)/C=C(\C=C/NC(C)=O)NC.CC.CN(C)C(=O)c1ccccc1. The number of piperidine rings is 1. The van der Waals surface area contributed by atoms with E-state index in [4.69, 9.17) is 0 Å². The molecule has 7 nitrogen and oxygen atoms in total. The zero-order valence-electron chi connectivity index (χ0n) is 26.8. The number of nitrogens with zero attached hydrogens (tertiary/aromatic N) is 3. The van der Waals surface area contributed by atoms with Crippen LogP contribution in [0.5, 0.6) is 0 Å². The molecule has 1 atom stereocenters. The molecule has 1 unspecified atom stereocenters. The number of carbonyl (C=O) groups is 2. The first-order chi connectivity index (χ1) is 19.6. The van der Waals surface area contributed by atoms with Gasteiger partial charge in [0.05, 0.1) is 0 Å². The Labute approximate surface area is 249 Å². The van der Waals surface area contributed by atoms with Crippen molar-refractivity contribution in [2.24, 2.45) is 4.99 Å². The van der Waals surface area contributed by atoms with Crippen LogP contribution in [-0.4, -0.2) is 75.2 Å². The average Bonchev–Trinajstić information content (AvgIpc) is 2.96. The van der Waals surface area contributed by atoms with Crippen molar-refractivity contribution in [2.75, 3.05) is 41.3 Å². The van der Waals surface area contributed by atoms with Crippen LogP contribution in [0.15, 0.2) is 94.8 Å². The topological polar surface area (TPSA) is 77.0 Å². The molecule has 1 heterocycles. The lowest BCUT2D eigenvalue weighted by Crippen LogP contribution is -2.38. The standard InChI is InChI=1S/C23H36N4O.C9H11NO.C2H6/c1-18(17-27-14-8-7-9-20(27)3)15-19(2)22(10-12-24-5)16-23(25-6)11-13-26-21(4)28;1-10(2)9(11)8-6-4-3-5-7-8;1-2/h10-13,15-16,20,25H,2,7-9,14,17H2,1,3-6H3,(H,26,28);3-7H,1-2H3;1-2H3/b13-11-,18-15+,22-10-,23-16+,24-12?;;. The summed E-state index contributed by atoms with van der Waals surface area (Å²) in [6.45, 7) is 16.4. The van der Waals surface area contributed by atoms with Crippen LogP contribution >= 0.6 is 0 Å². The van der Waals surface area contributed by atoms with Crippen LogP contribution < -0.4 is 10.6 Å². The number of likely N-dealkylation sites (N-methyl/N-ethyl adjacent to an activating group) is 1.